The second kappa shape index (κ2) is 7.12. The highest BCUT2D eigenvalue weighted by Crippen LogP contribution is 2.11. The lowest BCUT2D eigenvalue weighted by molar-refractivity contribution is 0.809. The van der Waals surface area contributed by atoms with Gasteiger partial charge in [0.1, 0.15) is 0 Å². The first-order valence-corrected chi connectivity index (χ1v) is 8.75. The van der Waals surface area contributed by atoms with Gasteiger partial charge in [0, 0.05) is 22.8 Å². The van der Waals surface area contributed by atoms with Gasteiger partial charge >= 0.3 is 0 Å². The fourth-order valence-electron chi connectivity index (χ4n) is 2.88. The lowest BCUT2D eigenvalue weighted by Gasteiger charge is -2.08. The molecular weight excluding hydrogens is 322 g/mol. The molecule has 134 valence electrons. The summed E-state index contributed by atoms with van der Waals surface area (Å²) in [7, 11) is 0. The van der Waals surface area contributed by atoms with E-state index >= 15 is 0 Å². The number of pyridine rings is 1. The Bertz CT molecular complexity index is 885. The lowest BCUT2D eigenvalue weighted by atomic mass is 10.2. The summed E-state index contributed by atoms with van der Waals surface area (Å²) in [6.07, 6.45) is 0. The van der Waals surface area contributed by atoms with Gasteiger partial charge in [-0.1, -0.05) is 6.07 Å². The summed E-state index contributed by atoms with van der Waals surface area (Å²) in [6, 6.07) is 14.2. The van der Waals surface area contributed by atoms with Crippen molar-refractivity contribution >= 4 is 11.4 Å². The third kappa shape index (κ3) is 3.52. The summed E-state index contributed by atoms with van der Waals surface area (Å²) >= 11 is 0. The minimum absolute atomic E-state index is 0.852. The second-order valence-corrected chi connectivity index (χ2v) is 6.63. The minimum atomic E-state index is 0.852. The molecule has 0 saturated carbocycles. The first-order valence-electron chi connectivity index (χ1n) is 8.75. The average Bonchev–Trinajstić information content (AvgIpc) is 3.11. The molecule has 5 heteroatoms. The van der Waals surface area contributed by atoms with Gasteiger partial charge in [-0.2, -0.15) is 10.2 Å². The van der Waals surface area contributed by atoms with Crippen LogP contribution in [0.2, 0.25) is 0 Å². The molecule has 0 aliphatic carbocycles. The van der Waals surface area contributed by atoms with E-state index in [1.807, 2.05) is 69.1 Å². The zero-order valence-electron chi connectivity index (χ0n) is 16.3. The number of aryl methyl sites for hydroxylation is 4. The molecule has 0 radical (unpaired) electrons. The van der Waals surface area contributed by atoms with E-state index in [4.69, 9.17) is 15.2 Å². The molecule has 0 amide bonds. The molecule has 0 aromatic carbocycles. The van der Waals surface area contributed by atoms with Crippen LogP contribution >= 0.6 is 0 Å². The van der Waals surface area contributed by atoms with Gasteiger partial charge < -0.3 is 0 Å². The highest BCUT2D eigenvalue weighted by Gasteiger charge is 2.07. The molecule has 3 aromatic heterocycles. The van der Waals surface area contributed by atoms with Crippen LogP contribution in [-0.4, -0.2) is 25.8 Å². The summed E-state index contributed by atoms with van der Waals surface area (Å²) in [4.78, 5) is 4.76. The van der Waals surface area contributed by atoms with Gasteiger partial charge in [-0.05, 0) is 77.9 Å². The highest BCUT2D eigenvalue weighted by atomic mass is 15.4. The molecule has 26 heavy (non-hydrogen) atoms. The van der Waals surface area contributed by atoms with Gasteiger partial charge in [-0.3, -0.25) is 0 Å². The van der Waals surface area contributed by atoms with Crippen LogP contribution in [0, 0.1) is 27.7 Å². The van der Waals surface area contributed by atoms with Gasteiger partial charge in [0.25, 0.3) is 0 Å². The second-order valence-electron chi connectivity index (χ2n) is 6.63. The van der Waals surface area contributed by atoms with Crippen LogP contribution in [0.1, 0.15) is 48.0 Å². The molecule has 0 N–H and O–H groups in total. The van der Waals surface area contributed by atoms with Crippen molar-refractivity contribution in [2.45, 2.75) is 41.5 Å². The maximum absolute atomic E-state index is 4.76. The van der Waals surface area contributed by atoms with Crippen LogP contribution in [0.3, 0.4) is 0 Å². The van der Waals surface area contributed by atoms with Crippen molar-refractivity contribution in [3.63, 3.8) is 0 Å². The van der Waals surface area contributed by atoms with Crippen LogP contribution in [-0.2, 0) is 0 Å². The number of nitrogens with zero attached hydrogens (tertiary/aromatic N) is 5. The summed E-state index contributed by atoms with van der Waals surface area (Å²) < 4.78 is 3.88. The van der Waals surface area contributed by atoms with Crippen LogP contribution < -0.4 is 0 Å². The van der Waals surface area contributed by atoms with Crippen LogP contribution in [0.4, 0.5) is 0 Å². The van der Waals surface area contributed by atoms with Gasteiger partial charge in [-0.15, -0.1) is 0 Å². The summed E-state index contributed by atoms with van der Waals surface area (Å²) in [5.74, 6) is 0. The van der Waals surface area contributed by atoms with Gasteiger partial charge in [0.15, 0.2) is 0 Å². The Hall–Kier alpha value is -2.95. The number of aromatic nitrogens is 3. The minimum Gasteiger partial charge on any atom is -0.245 e. The van der Waals surface area contributed by atoms with Crippen molar-refractivity contribution in [1.29, 1.82) is 0 Å². The first kappa shape index (κ1) is 17.9. The largest absolute Gasteiger partial charge is 0.245 e. The molecule has 0 spiro atoms. The molecule has 0 aliphatic rings. The maximum atomic E-state index is 4.76. The van der Waals surface area contributed by atoms with E-state index in [2.05, 4.69) is 24.3 Å². The smallest absolute Gasteiger partial charge is 0.0867 e. The predicted molar refractivity (Wildman–Crippen MR) is 107 cm³/mol. The van der Waals surface area contributed by atoms with E-state index in [0.29, 0.717) is 0 Å². The molecule has 3 aromatic rings. The Balaban J connectivity index is 1.96. The van der Waals surface area contributed by atoms with E-state index in [-0.39, 0.29) is 0 Å². The monoisotopic (exact) mass is 347 g/mol. The zero-order chi connectivity index (χ0) is 18.8. The average molecular weight is 347 g/mol. The van der Waals surface area contributed by atoms with Gasteiger partial charge in [-0.25, -0.2) is 14.3 Å². The fraction of sp³-hybridized carbons (Fsp3) is 0.286. The third-order valence-corrected chi connectivity index (χ3v) is 4.46. The standard InChI is InChI=1S/C21H25N5/c1-14-10-11-15(2)25(14)23-18(5)20-8-7-9-21(22-20)19(6)24-26-16(3)12-13-17(26)4/h7-13H,1-6H3/b23-18+,24-19+. The Morgan fingerprint density at radius 1 is 0.654 bits per heavy atom. The number of rotatable bonds is 4. The molecular formula is C21H25N5. The third-order valence-electron chi connectivity index (χ3n) is 4.46. The summed E-state index contributed by atoms with van der Waals surface area (Å²) in [5, 5.41) is 9.44. The first-order chi connectivity index (χ1) is 12.4. The Morgan fingerprint density at radius 2 is 1.00 bits per heavy atom. The van der Waals surface area contributed by atoms with E-state index in [1.54, 1.807) is 0 Å². The topological polar surface area (TPSA) is 47.5 Å². The lowest BCUT2D eigenvalue weighted by Crippen LogP contribution is -2.09. The Labute approximate surface area is 154 Å². The van der Waals surface area contributed by atoms with Crippen LogP contribution in [0.25, 0.3) is 0 Å². The van der Waals surface area contributed by atoms with Crippen molar-refractivity contribution in [3.8, 4) is 0 Å². The maximum Gasteiger partial charge on any atom is 0.0867 e. The van der Waals surface area contributed by atoms with Crippen LogP contribution in [0.5, 0.6) is 0 Å². The molecule has 3 heterocycles. The highest BCUT2D eigenvalue weighted by molar-refractivity contribution is 6.00. The van der Waals surface area contributed by atoms with Gasteiger partial charge in [0.05, 0.1) is 22.8 Å². The van der Waals surface area contributed by atoms with Crippen molar-refractivity contribution < 1.29 is 0 Å². The molecule has 3 rings (SSSR count). The van der Waals surface area contributed by atoms with Crippen molar-refractivity contribution in [2.75, 3.05) is 0 Å². The van der Waals surface area contributed by atoms with Crippen LogP contribution in [0.15, 0.2) is 52.7 Å². The van der Waals surface area contributed by atoms with Crippen molar-refractivity contribution in [2.24, 2.45) is 10.2 Å². The molecule has 0 atom stereocenters. The molecule has 0 bridgehead atoms. The predicted octanol–water partition coefficient (Wildman–Crippen LogP) is 4.46. The summed E-state index contributed by atoms with van der Waals surface area (Å²) in [6.45, 7) is 12.2. The molecule has 0 unspecified atom stereocenters. The van der Waals surface area contributed by atoms with E-state index in [9.17, 15) is 0 Å². The summed E-state index contributed by atoms with van der Waals surface area (Å²) in [5.41, 5.74) is 7.87. The molecule has 5 nitrogen and oxygen atoms in total. The van der Waals surface area contributed by atoms with Crippen molar-refractivity contribution in [3.05, 3.63) is 76.6 Å². The van der Waals surface area contributed by atoms with E-state index in [0.717, 1.165) is 45.6 Å². The fourth-order valence-corrected chi connectivity index (χ4v) is 2.88. The quantitative estimate of drug-likeness (QED) is 0.643. The zero-order valence-corrected chi connectivity index (χ0v) is 16.3. The molecule has 0 aliphatic heterocycles. The van der Waals surface area contributed by atoms with E-state index < -0.39 is 0 Å². The van der Waals surface area contributed by atoms with Gasteiger partial charge in [0.2, 0.25) is 0 Å². The Kier molecular flexibility index (Phi) is 4.89. The molecule has 0 saturated heterocycles. The number of hydrogen-bond donors (Lipinski definition) is 0. The number of hydrogen-bond acceptors (Lipinski definition) is 3. The van der Waals surface area contributed by atoms with E-state index in [1.165, 1.54) is 0 Å². The Morgan fingerprint density at radius 3 is 1.35 bits per heavy atom. The SMILES string of the molecule is C/C(=N\n1c(C)ccc1C)c1cccc(/C(C)=N/n2c(C)ccc2C)n1. The molecule has 0 fully saturated rings. The normalized spacial score (nSPS) is 12.7. The van der Waals surface area contributed by atoms with Crippen molar-refractivity contribution in [1.82, 2.24) is 14.3 Å².